The summed E-state index contributed by atoms with van der Waals surface area (Å²) in [7, 11) is 1.52. The van der Waals surface area contributed by atoms with Crippen LogP contribution in [0.15, 0.2) is 18.2 Å². The summed E-state index contributed by atoms with van der Waals surface area (Å²) in [5.74, 6) is 0.594. The number of rotatable bonds is 7. The average Bonchev–Trinajstić information content (AvgIpc) is 2.37. The van der Waals surface area contributed by atoms with E-state index in [9.17, 15) is 4.79 Å². The smallest absolute Gasteiger partial charge is 0.344 e. The quantitative estimate of drug-likeness (QED) is 0.740. The van der Waals surface area contributed by atoms with E-state index in [0.717, 1.165) is 5.56 Å². The lowest BCUT2D eigenvalue weighted by Crippen LogP contribution is -2.14. The molecule has 0 heterocycles. The Hall–Kier alpha value is -1.75. The van der Waals surface area contributed by atoms with Gasteiger partial charge in [0.25, 0.3) is 0 Å². The van der Waals surface area contributed by atoms with Crippen molar-refractivity contribution in [2.24, 2.45) is 0 Å². The molecule has 1 rings (SSSR count). The molecular formula is C13H18O5. The van der Waals surface area contributed by atoms with Gasteiger partial charge >= 0.3 is 5.97 Å². The normalized spacial score (nSPS) is 9.94. The second-order valence-electron chi connectivity index (χ2n) is 3.55. The highest BCUT2D eigenvalue weighted by Crippen LogP contribution is 2.28. The highest BCUT2D eigenvalue weighted by molar-refractivity contribution is 5.71. The van der Waals surface area contributed by atoms with Crippen LogP contribution in [-0.4, -0.2) is 38.0 Å². The first kappa shape index (κ1) is 14.3. The fourth-order valence-corrected chi connectivity index (χ4v) is 1.46. The molecule has 0 amide bonds. The van der Waals surface area contributed by atoms with Crippen molar-refractivity contribution in [3.8, 4) is 11.5 Å². The maximum atomic E-state index is 11.2. The molecule has 0 atom stereocenters. The van der Waals surface area contributed by atoms with Crippen LogP contribution in [0.4, 0.5) is 0 Å². The number of hydrogen-bond donors (Lipinski definition) is 1. The minimum atomic E-state index is -0.418. The van der Waals surface area contributed by atoms with E-state index < -0.39 is 5.97 Å². The predicted octanol–water partition coefficient (Wildman–Crippen LogP) is 1.17. The summed E-state index contributed by atoms with van der Waals surface area (Å²) in [4.78, 5) is 11.2. The molecule has 0 aliphatic heterocycles. The van der Waals surface area contributed by atoms with E-state index in [0.29, 0.717) is 24.5 Å². The van der Waals surface area contributed by atoms with E-state index in [-0.39, 0.29) is 13.2 Å². The Morgan fingerprint density at radius 1 is 1.33 bits per heavy atom. The van der Waals surface area contributed by atoms with Gasteiger partial charge in [-0.05, 0) is 31.0 Å². The van der Waals surface area contributed by atoms with Gasteiger partial charge in [-0.2, -0.15) is 0 Å². The monoisotopic (exact) mass is 254 g/mol. The number of hydrogen-bond acceptors (Lipinski definition) is 5. The third-order valence-corrected chi connectivity index (χ3v) is 2.28. The molecular weight excluding hydrogens is 236 g/mol. The van der Waals surface area contributed by atoms with Crippen LogP contribution in [0.1, 0.15) is 12.5 Å². The van der Waals surface area contributed by atoms with Gasteiger partial charge in [-0.25, -0.2) is 4.79 Å². The number of aliphatic hydroxyl groups is 1. The van der Waals surface area contributed by atoms with Gasteiger partial charge in [0, 0.05) is 6.61 Å². The van der Waals surface area contributed by atoms with Crippen molar-refractivity contribution >= 4 is 5.97 Å². The molecule has 18 heavy (non-hydrogen) atoms. The molecule has 0 radical (unpaired) electrons. The lowest BCUT2D eigenvalue weighted by molar-refractivity contribution is -0.145. The molecule has 5 nitrogen and oxygen atoms in total. The number of methoxy groups -OCH3 is 1. The Bertz CT molecular complexity index is 389. The number of carbonyl (C=O) groups is 1. The molecule has 0 unspecified atom stereocenters. The van der Waals surface area contributed by atoms with Crippen molar-refractivity contribution < 1.29 is 24.1 Å². The van der Waals surface area contributed by atoms with Crippen LogP contribution < -0.4 is 9.47 Å². The van der Waals surface area contributed by atoms with Crippen molar-refractivity contribution in [1.29, 1.82) is 0 Å². The van der Waals surface area contributed by atoms with E-state index >= 15 is 0 Å². The van der Waals surface area contributed by atoms with E-state index in [1.807, 2.05) is 6.07 Å². The first-order chi connectivity index (χ1) is 8.71. The van der Waals surface area contributed by atoms with Crippen molar-refractivity contribution in [1.82, 2.24) is 0 Å². The fourth-order valence-electron chi connectivity index (χ4n) is 1.46. The van der Waals surface area contributed by atoms with E-state index in [4.69, 9.17) is 19.3 Å². The Morgan fingerprint density at radius 2 is 2.11 bits per heavy atom. The molecule has 0 aromatic heterocycles. The highest BCUT2D eigenvalue weighted by atomic mass is 16.6. The van der Waals surface area contributed by atoms with Gasteiger partial charge in [0.2, 0.25) is 0 Å². The Morgan fingerprint density at radius 3 is 2.72 bits per heavy atom. The first-order valence-electron chi connectivity index (χ1n) is 5.77. The molecule has 5 heteroatoms. The number of benzene rings is 1. The molecule has 1 aromatic carbocycles. The summed E-state index contributed by atoms with van der Waals surface area (Å²) in [5.41, 5.74) is 0.942. The summed E-state index contributed by atoms with van der Waals surface area (Å²) in [6, 6.07) is 5.30. The minimum Gasteiger partial charge on any atom is -0.493 e. The molecule has 0 saturated heterocycles. The summed E-state index contributed by atoms with van der Waals surface area (Å²) in [6.07, 6.45) is 0.550. The predicted molar refractivity (Wildman–Crippen MR) is 65.9 cm³/mol. The van der Waals surface area contributed by atoms with Gasteiger partial charge in [0.05, 0.1) is 13.7 Å². The van der Waals surface area contributed by atoms with Crippen LogP contribution in [0.5, 0.6) is 11.5 Å². The number of aliphatic hydroxyl groups excluding tert-OH is 1. The topological polar surface area (TPSA) is 65.0 Å². The van der Waals surface area contributed by atoms with E-state index in [2.05, 4.69) is 0 Å². The van der Waals surface area contributed by atoms with Crippen LogP contribution in [0.25, 0.3) is 0 Å². The molecule has 0 bridgehead atoms. The standard InChI is InChI=1S/C13H18O5/c1-3-17-13(15)9-18-11-5-4-10(6-7-14)8-12(11)16-2/h4-5,8,14H,3,6-7,9H2,1-2H3. The Balaban J connectivity index is 2.67. The molecule has 0 aliphatic rings. The van der Waals surface area contributed by atoms with Crippen LogP contribution >= 0.6 is 0 Å². The zero-order valence-electron chi connectivity index (χ0n) is 10.6. The van der Waals surface area contributed by atoms with Gasteiger partial charge in [-0.3, -0.25) is 0 Å². The lowest BCUT2D eigenvalue weighted by atomic mass is 10.1. The van der Waals surface area contributed by atoms with Crippen LogP contribution in [0.3, 0.4) is 0 Å². The third-order valence-electron chi connectivity index (χ3n) is 2.28. The number of carbonyl (C=O) groups excluding carboxylic acids is 1. The SMILES string of the molecule is CCOC(=O)COc1ccc(CCO)cc1OC. The van der Waals surface area contributed by atoms with Crippen molar-refractivity contribution in [3.63, 3.8) is 0 Å². The van der Waals surface area contributed by atoms with Crippen molar-refractivity contribution in [2.45, 2.75) is 13.3 Å². The lowest BCUT2D eigenvalue weighted by Gasteiger charge is -2.11. The third kappa shape index (κ3) is 4.25. The van der Waals surface area contributed by atoms with Crippen LogP contribution in [0.2, 0.25) is 0 Å². The van der Waals surface area contributed by atoms with Gasteiger partial charge in [0.15, 0.2) is 18.1 Å². The molecule has 0 saturated carbocycles. The van der Waals surface area contributed by atoms with Crippen molar-refractivity contribution in [3.05, 3.63) is 23.8 Å². The second kappa shape index (κ2) is 7.55. The number of esters is 1. The molecule has 1 N–H and O–H groups in total. The maximum absolute atomic E-state index is 11.2. The summed E-state index contributed by atoms with van der Waals surface area (Å²) in [6.45, 7) is 1.99. The summed E-state index contributed by atoms with van der Waals surface area (Å²) < 4.78 is 15.2. The molecule has 0 aliphatic carbocycles. The first-order valence-corrected chi connectivity index (χ1v) is 5.77. The second-order valence-corrected chi connectivity index (χ2v) is 3.55. The molecule has 0 spiro atoms. The fraction of sp³-hybridized carbons (Fsp3) is 0.462. The van der Waals surface area contributed by atoms with Crippen LogP contribution in [-0.2, 0) is 16.0 Å². The maximum Gasteiger partial charge on any atom is 0.344 e. The summed E-state index contributed by atoms with van der Waals surface area (Å²) >= 11 is 0. The number of ether oxygens (including phenoxy) is 3. The van der Waals surface area contributed by atoms with Crippen molar-refractivity contribution in [2.75, 3.05) is 26.9 Å². The zero-order chi connectivity index (χ0) is 13.4. The van der Waals surface area contributed by atoms with Gasteiger partial charge in [-0.15, -0.1) is 0 Å². The van der Waals surface area contributed by atoms with Gasteiger partial charge < -0.3 is 19.3 Å². The minimum absolute atomic E-state index is 0.0756. The highest BCUT2D eigenvalue weighted by Gasteiger charge is 2.08. The van der Waals surface area contributed by atoms with Gasteiger partial charge in [-0.1, -0.05) is 6.07 Å². The average molecular weight is 254 g/mol. The Labute approximate surface area is 106 Å². The molecule has 0 fully saturated rings. The van der Waals surface area contributed by atoms with Crippen LogP contribution in [0, 0.1) is 0 Å². The van der Waals surface area contributed by atoms with E-state index in [1.54, 1.807) is 19.1 Å². The van der Waals surface area contributed by atoms with E-state index in [1.165, 1.54) is 7.11 Å². The molecule has 100 valence electrons. The zero-order valence-corrected chi connectivity index (χ0v) is 10.6. The Kier molecular flexibility index (Phi) is 6.00. The summed E-state index contributed by atoms with van der Waals surface area (Å²) in [5, 5.41) is 8.85. The molecule has 1 aromatic rings. The largest absolute Gasteiger partial charge is 0.493 e. The van der Waals surface area contributed by atoms with Gasteiger partial charge in [0.1, 0.15) is 0 Å².